The van der Waals surface area contributed by atoms with Crippen LogP contribution in [-0.4, -0.2) is 28.8 Å². The molecule has 2 aromatic carbocycles. The number of benzene rings is 2. The fourth-order valence-electron chi connectivity index (χ4n) is 4.08. The molecule has 8 heteroatoms. The fraction of sp³-hybridized carbons (Fsp3) is 0.120. The van der Waals surface area contributed by atoms with Gasteiger partial charge in [0.2, 0.25) is 5.78 Å². The Balaban J connectivity index is 1.63. The molecule has 1 amide bonds. The topological polar surface area (TPSA) is 93.1 Å². The number of ether oxygens (including phenoxy) is 1. The molecule has 4 aromatic rings. The number of para-hydroxylation sites is 1. The molecule has 3 heterocycles. The zero-order valence-corrected chi connectivity index (χ0v) is 17.4. The summed E-state index contributed by atoms with van der Waals surface area (Å²) in [6.07, 6.45) is 1.44. The van der Waals surface area contributed by atoms with E-state index in [-0.39, 0.29) is 23.4 Å². The summed E-state index contributed by atoms with van der Waals surface area (Å²) in [5.74, 6) is -2.17. The van der Waals surface area contributed by atoms with E-state index < -0.39 is 29.3 Å². The van der Waals surface area contributed by atoms with Crippen molar-refractivity contribution < 1.29 is 32.7 Å². The zero-order valence-electron chi connectivity index (χ0n) is 17.4. The van der Waals surface area contributed by atoms with Crippen molar-refractivity contribution in [3.05, 3.63) is 101 Å². The molecule has 1 atom stereocenters. The molecule has 33 heavy (non-hydrogen) atoms. The van der Waals surface area contributed by atoms with Crippen LogP contribution < -0.4 is 4.74 Å². The molecule has 1 unspecified atom stereocenters. The van der Waals surface area contributed by atoms with Crippen LogP contribution in [0.1, 0.15) is 27.9 Å². The first-order chi connectivity index (χ1) is 16.0. The molecule has 0 aliphatic carbocycles. The molecule has 5 rings (SSSR count). The Hall–Kier alpha value is -4.33. The van der Waals surface area contributed by atoms with Gasteiger partial charge < -0.3 is 23.6 Å². The molecule has 0 fully saturated rings. The van der Waals surface area contributed by atoms with Crippen LogP contribution in [-0.2, 0) is 11.3 Å². The molecule has 0 saturated carbocycles. The van der Waals surface area contributed by atoms with Crippen LogP contribution in [0.25, 0.3) is 11.0 Å². The van der Waals surface area contributed by atoms with Gasteiger partial charge in [0.15, 0.2) is 22.9 Å². The van der Waals surface area contributed by atoms with E-state index in [2.05, 4.69) is 0 Å². The first-order valence-electron chi connectivity index (χ1n) is 10.1. The number of rotatable bonds is 6. The summed E-state index contributed by atoms with van der Waals surface area (Å²) in [6.45, 7) is -0.0698. The lowest BCUT2D eigenvalue weighted by molar-refractivity contribution is -0.130. The van der Waals surface area contributed by atoms with Gasteiger partial charge in [0.1, 0.15) is 11.6 Å². The number of Topliss-reactive ketones (excluding diaryl/α,β-unsaturated/α-hetero) is 1. The second-order valence-corrected chi connectivity index (χ2v) is 7.52. The maximum Gasteiger partial charge on any atom is 0.290 e. The Morgan fingerprint density at radius 1 is 1.15 bits per heavy atom. The molecule has 1 aliphatic rings. The number of amides is 1. The second kappa shape index (κ2) is 7.98. The van der Waals surface area contributed by atoms with E-state index >= 15 is 0 Å². The summed E-state index contributed by atoms with van der Waals surface area (Å²) < 4.78 is 31.2. The molecule has 0 spiro atoms. The summed E-state index contributed by atoms with van der Waals surface area (Å²) in [5, 5.41) is 11.3. The highest BCUT2D eigenvalue weighted by atomic mass is 19.1. The average molecular weight is 447 g/mol. The van der Waals surface area contributed by atoms with E-state index in [9.17, 15) is 19.1 Å². The van der Waals surface area contributed by atoms with Gasteiger partial charge in [-0.1, -0.05) is 30.3 Å². The van der Waals surface area contributed by atoms with Crippen LogP contribution in [0, 0.1) is 5.82 Å². The van der Waals surface area contributed by atoms with E-state index in [4.69, 9.17) is 13.6 Å². The van der Waals surface area contributed by atoms with Crippen molar-refractivity contribution in [2.45, 2.75) is 12.6 Å². The number of carbonyl (C=O) groups excluding carboxylic acids is 2. The van der Waals surface area contributed by atoms with Gasteiger partial charge in [0.05, 0.1) is 31.5 Å². The number of aliphatic hydroxyl groups excluding tert-OH is 1. The standard InChI is InChI=1S/C25H18FNO6/c1-31-18-10-4-6-14-12-19(33-24(14)18)22(28)20-21(16-8-2-3-9-17(16)26)27(25(30)23(20)29)13-15-7-5-11-32-15/h2-12,21,29H,13H2,1H3. The molecule has 166 valence electrons. The summed E-state index contributed by atoms with van der Waals surface area (Å²) in [6, 6.07) is 14.6. The van der Waals surface area contributed by atoms with Crippen molar-refractivity contribution in [3.63, 3.8) is 0 Å². The Morgan fingerprint density at radius 2 is 1.97 bits per heavy atom. The summed E-state index contributed by atoms with van der Waals surface area (Å²) >= 11 is 0. The number of ketones is 1. The number of aliphatic hydroxyl groups is 1. The Morgan fingerprint density at radius 3 is 2.70 bits per heavy atom. The van der Waals surface area contributed by atoms with Gasteiger partial charge in [-0.2, -0.15) is 0 Å². The Bertz CT molecular complexity index is 1400. The van der Waals surface area contributed by atoms with E-state index in [1.54, 1.807) is 36.4 Å². The number of hydrogen-bond acceptors (Lipinski definition) is 6. The molecule has 1 N–H and O–H groups in total. The molecule has 0 bridgehead atoms. The van der Waals surface area contributed by atoms with Crippen LogP contribution in [0.4, 0.5) is 4.39 Å². The van der Waals surface area contributed by atoms with Gasteiger partial charge >= 0.3 is 0 Å². The van der Waals surface area contributed by atoms with Crippen molar-refractivity contribution in [2.24, 2.45) is 0 Å². The van der Waals surface area contributed by atoms with Crippen molar-refractivity contribution in [2.75, 3.05) is 7.11 Å². The maximum atomic E-state index is 14.8. The zero-order chi connectivity index (χ0) is 23.1. The minimum Gasteiger partial charge on any atom is -0.503 e. The number of carbonyl (C=O) groups is 2. The van der Waals surface area contributed by atoms with Gasteiger partial charge in [-0.05, 0) is 30.3 Å². The SMILES string of the molecule is COc1cccc2cc(C(=O)C3=C(O)C(=O)N(Cc4ccco4)C3c3ccccc3F)oc12. The monoisotopic (exact) mass is 447 g/mol. The average Bonchev–Trinajstić information content (AvgIpc) is 3.54. The number of methoxy groups -OCH3 is 1. The van der Waals surface area contributed by atoms with Gasteiger partial charge in [0.25, 0.3) is 5.91 Å². The van der Waals surface area contributed by atoms with Gasteiger partial charge in [-0.25, -0.2) is 4.39 Å². The minimum atomic E-state index is -1.17. The number of fused-ring (bicyclic) bond motifs is 1. The highest BCUT2D eigenvalue weighted by molar-refractivity contribution is 6.16. The maximum absolute atomic E-state index is 14.8. The predicted molar refractivity (Wildman–Crippen MR) is 115 cm³/mol. The molecule has 0 saturated heterocycles. The molecular weight excluding hydrogens is 429 g/mol. The molecular formula is C25H18FNO6. The van der Waals surface area contributed by atoms with E-state index in [1.165, 1.54) is 42.5 Å². The Kier molecular flexibility index (Phi) is 4.97. The third-order valence-electron chi connectivity index (χ3n) is 5.61. The molecule has 7 nitrogen and oxygen atoms in total. The minimum absolute atomic E-state index is 0.0681. The van der Waals surface area contributed by atoms with Crippen LogP contribution in [0.2, 0.25) is 0 Å². The summed E-state index contributed by atoms with van der Waals surface area (Å²) in [7, 11) is 1.48. The summed E-state index contributed by atoms with van der Waals surface area (Å²) in [5.41, 5.74) is 0.149. The number of nitrogens with zero attached hydrogens (tertiary/aromatic N) is 1. The normalized spacial score (nSPS) is 16.1. The number of furan rings is 2. The lowest BCUT2D eigenvalue weighted by atomic mass is 9.94. The fourth-order valence-corrected chi connectivity index (χ4v) is 4.08. The second-order valence-electron chi connectivity index (χ2n) is 7.52. The van der Waals surface area contributed by atoms with Crippen LogP contribution in [0.3, 0.4) is 0 Å². The lowest BCUT2D eigenvalue weighted by Gasteiger charge is -2.26. The molecule has 0 radical (unpaired) electrons. The molecule has 1 aliphatic heterocycles. The smallest absolute Gasteiger partial charge is 0.290 e. The van der Waals surface area contributed by atoms with Crippen molar-refractivity contribution >= 4 is 22.7 Å². The van der Waals surface area contributed by atoms with Gasteiger partial charge in [-0.15, -0.1) is 0 Å². The summed E-state index contributed by atoms with van der Waals surface area (Å²) in [4.78, 5) is 27.7. The highest BCUT2D eigenvalue weighted by Gasteiger charge is 2.45. The van der Waals surface area contributed by atoms with E-state index in [0.29, 0.717) is 22.5 Å². The number of hydrogen-bond donors (Lipinski definition) is 1. The highest BCUT2D eigenvalue weighted by Crippen LogP contribution is 2.41. The first kappa shape index (κ1) is 20.6. The van der Waals surface area contributed by atoms with E-state index in [0.717, 1.165) is 0 Å². The van der Waals surface area contributed by atoms with Crippen LogP contribution >= 0.6 is 0 Å². The Labute approximate surface area is 187 Å². The third kappa shape index (κ3) is 3.36. The lowest BCUT2D eigenvalue weighted by Crippen LogP contribution is -2.31. The predicted octanol–water partition coefficient (Wildman–Crippen LogP) is 4.95. The van der Waals surface area contributed by atoms with Crippen LogP contribution in [0.15, 0.2) is 87.1 Å². The number of halogens is 1. The van der Waals surface area contributed by atoms with Gasteiger partial charge in [-0.3, -0.25) is 9.59 Å². The van der Waals surface area contributed by atoms with Crippen molar-refractivity contribution in [3.8, 4) is 5.75 Å². The van der Waals surface area contributed by atoms with E-state index in [1.807, 2.05) is 0 Å². The quantitative estimate of drug-likeness (QED) is 0.421. The third-order valence-corrected chi connectivity index (χ3v) is 5.61. The largest absolute Gasteiger partial charge is 0.503 e. The van der Waals surface area contributed by atoms with Crippen LogP contribution in [0.5, 0.6) is 5.75 Å². The molecule has 2 aromatic heterocycles. The van der Waals surface area contributed by atoms with Crippen molar-refractivity contribution in [1.82, 2.24) is 4.90 Å². The first-order valence-corrected chi connectivity index (χ1v) is 10.1. The van der Waals surface area contributed by atoms with Crippen molar-refractivity contribution in [1.29, 1.82) is 0 Å². The van der Waals surface area contributed by atoms with Gasteiger partial charge in [0, 0.05) is 10.9 Å².